The van der Waals surface area contributed by atoms with Gasteiger partial charge in [-0.1, -0.05) is 24.6 Å². The van der Waals surface area contributed by atoms with Gasteiger partial charge in [-0.15, -0.1) is 0 Å². The van der Waals surface area contributed by atoms with Crippen molar-refractivity contribution in [1.82, 2.24) is 10.3 Å². The first-order chi connectivity index (χ1) is 9.60. The molecule has 5 heteroatoms. The number of anilines is 1. The van der Waals surface area contributed by atoms with Gasteiger partial charge in [0.2, 0.25) is 0 Å². The molecule has 106 valence electrons. The Bertz CT molecular complexity index is 589. The molecule has 0 fully saturated rings. The van der Waals surface area contributed by atoms with Crippen LogP contribution in [-0.4, -0.2) is 11.5 Å². The Morgan fingerprint density at radius 3 is 2.80 bits per heavy atom. The molecule has 0 saturated carbocycles. The first-order valence-corrected chi connectivity index (χ1v) is 6.86. The van der Waals surface area contributed by atoms with Crippen LogP contribution in [0.25, 0.3) is 0 Å². The van der Waals surface area contributed by atoms with Crippen molar-refractivity contribution >= 4 is 17.4 Å². The van der Waals surface area contributed by atoms with Crippen LogP contribution in [0.15, 0.2) is 36.5 Å². The Balaban J connectivity index is 2.26. The molecule has 0 aliphatic heterocycles. The van der Waals surface area contributed by atoms with E-state index in [2.05, 4.69) is 10.3 Å². The van der Waals surface area contributed by atoms with Gasteiger partial charge in [0, 0.05) is 22.8 Å². The molecule has 0 aliphatic carbocycles. The number of rotatable bonds is 5. The van der Waals surface area contributed by atoms with Crippen molar-refractivity contribution in [2.45, 2.75) is 19.4 Å². The van der Waals surface area contributed by atoms with Gasteiger partial charge < -0.3 is 11.1 Å². The smallest absolute Gasteiger partial charge is 0.129 e. The lowest BCUT2D eigenvalue weighted by Gasteiger charge is -2.19. The van der Waals surface area contributed by atoms with Gasteiger partial charge in [-0.2, -0.15) is 0 Å². The maximum Gasteiger partial charge on any atom is 0.129 e. The summed E-state index contributed by atoms with van der Waals surface area (Å²) >= 11 is 5.79. The second-order valence-corrected chi connectivity index (χ2v) is 5.01. The van der Waals surface area contributed by atoms with Crippen LogP contribution >= 0.6 is 11.6 Å². The number of nitrogens with two attached hydrogens (primary N) is 1. The number of nitrogens with zero attached hydrogens (tertiary/aromatic N) is 1. The molecule has 1 atom stereocenters. The van der Waals surface area contributed by atoms with Gasteiger partial charge in [0.05, 0.1) is 0 Å². The summed E-state index contributed by atoms with van der Waals surface area (Å²) in [5.74, 6) is 0.166. The molecule has 3 nitrogen and oxygen atoms in total. The maximum atomic E-state index is 14.0. The molecule has 0 spiro atoms. The molecule has 2 rings (SSSR count). The number of pyridine rings is 1. The topological polar surface area (TPSA) is 50.9 Å². The normalized spacial score (nSPS) is 12.3. The zero-order chi connectivity index (χ0) is 14.5. The Labute approximate surface area is 123 Å². The summed E-state index contributed by atoms with van der Waals surface area (Å²) in [6.45, 7) is 2.73. The van der Waals surface area contributed by atoms with Crippen LogP contribution in [0, 0.1) is 5.82 Å². The number of benzene rings is 1. The predicted octanol–water partition coefficient (Wildman–Crippen LogP) is 3.35. The van der Waals surface area contributed by atoms with Gasteiger partial charge in [-0.05, 0) is 42.8 Å². The molecular weight excluding hydrogens is 277 g/mol. The van der Waals surface area contributed by atoms with Gasteiger partial charge in [-0.25, -0.2) is 9.37 Å². The van der Waals surface area contributed by atoms with Gasteiger partial charge in [0.1, 0.15) is 11.6 Å². The minimum Gasteiger partial charge on any atom is -0.384 e. The summed E-state index contributed by atoms with van der Waals surface area (Å²) in [6, 6.07) is 8.31. The lowest BCUT2D eigenvalue weighted by atomic mass is 9.99. The monoisotopic (exact) mass is 293 g/mol. The van der Waals surface area contributed by atoms with E-state index < -0.39 is 0 Å². The quantitative estimate of drug-likeness (QED) is 0.889. The highest BCUT2D eigenvalue weighted by Gasteiger charge is 2.16. The lowest BCUT2D eigenvalue weighted by molar-refractivity contribution is 0.510. The van der Waals surface area contributed by atoms with Crippen molar-refractivity contribution in [2.75, 3.05) is 12.3 Å². The summed E-state index contributed by atoms with van der Waals surface area (Å²) in [5, 5.41) is 3.68. The molecular formula is C15H17ClFN3. The number of nitrogen functional groups attached to an aromatic ring is 1. The molecule has 3 N–H and O–H groups in total. The second-order valence-electron chi connectivity index (χ2n) is 4.57. The summed E-state index contributed by atoms with van der Waals surface area (Å²) < 4.78 is 14.0. The van der Waals surface area contributed by atoms with E-state index in [1.165, 1.54) is 6.07 Å². The van der Waals surface area contributed by atoms with Crippen molar-refractivity contribution in [1.29, 1.82) is 0 Å². The first-order valence-electron chi connectivity index (χ1n) is 6.49. The van der Waals surface area contributed by atoms with Crippen molar-refractivity contribution in [3.8, 4) is 0 Å². The molecule has 0 radical (unpaired) electrons. The maximum absolute atomic E-state index is 14.0. The number of hydrogen-bond acceptors (Lipinski definition) is 3. The Morgan fingerprint density at radius 1 is 1.35 bits per heavy atom. The van der Waals surface area contributed by atoms with E-state index in [4.69, 9.17) is 17.3 Å². The van der Waals surface area contributed by atoms with Gasteiger partial charge >= 0.3 is 0 Å². The number of likely N-dealkylation sites (N-methyl/N-ethyl adjacent to an activating group) is 1. The average molecular weight is 294 g/mol. The van der Waals surface area contributed by atoms with E-state index in [1.807, 2.05) is 13.0 Å². The minimum absolute atomic E-state index is 0.126. The molecule has 0 aliphatic rings. The van der Waals surface area contributed by atoms with Gasteiger partial charge in [0.15, 0.2) is 0 Å². The number of hydrogen-bond donors (Lipinski definition) is 2. The van der Waals surface area contributed by atoms with Crippen molar-refractivity contribution in [2.24, 2.45) is 0 Å². The molecule has 0 amide bonds. The lowest BCUT2D eigenvalue weighted by Crippen LogP contribution is -2.24. The van der Waals surface area contributed by atoms with Crippen molar-refractivity contribution in [3.63, 3.8) is 0 Å². The zero-order valence-corrected chi connectivity index (χ0v) is 12.0. The van der Waals surface area contributed by atoms with E-state index in [0.717, 1.165) is 12.1 Å². The molecule has 1 heterocycles. The summed E-state index contributed by atoms with van der Waals surface area (Å²) in [6.07, 6.45) is 2.30. The fourth-order valence-corrected chi connectivity index (χ4v) is 2.34. The third kappa shape index (κ3) is 3.68. The summed E-state index contributed by atoms with van der Waals surface area (Å²) in [4.78, 5) is 3.96. The number of aromatic nitrogens is 1. The molecule has 1 aromatic carbocycles. The average Bonchev–Trinajstić information content (AvgIpc) is 2.38. The van der Waals surface area contributed by atoms with Crippen molar-refractivity contribution in [3.05, 3.63) is 58.5 Å². The Hall–Kier alpha value is -1.65. The van der Waals surface area contributed by atoms with Crippen LogP contribution in [0.2, 0.25) is 5.02 Å². The van der Waals surface area contributed by atoms with E-state index >= 15 is 0 Å². The van der Waals surface area contributed by atoms with E-state index in [0.29, 0.717) is 22.8 Å². The predicted molar refractivity (Wildman–Crippen MR) is 80.2 cm³/mol. The van der Waals surface area contributed by atoms with Crippen LogP contribution in [0.3, 0.4) is 0 Å². The van der Waals surface area contributed by atoms with Crippen LogP contribution in [0.5, 0.6) is 0 Å². The van der Waals surface area contributed by atoms with Gasteiger partial charge in [0.25, 0.3) is 0 Å². The Morgan fingerprint density at radius 2 is 2.15 bits per heavy atom. The largest absolute Gasteiger partial charge is 0.384 e. The van der Waals surface area contributed by atoms with Gasteiger partial charge in [-0.3, -0.25) is 0 Å². The van der Waals surface area contributed by atoms with E-state index in [-0.39, 0.29) is 11.9 Å². The highest BCUT2D eigenvalue weighted by atomic mass is 35.5. The van der Waals surface area contributed by atoms with E-state index in [9.17, 15) is 4.39 Å². The minimum atomic E-state index is -0.300. The third-order valence-electron chi connectivity index (χ3n) is 3.07. The third-order valence-corrected chi connectivity index (χ3v) is 3.31. The van der Waals surface area contributed by atoms with Crippen LogP contribution in [0.4, 0.5) is 10.2 Å². The SMILES string of the molecule is CCNC(Cc1ccnc(N)c1)c1ccc(Cl)cc1F. The first kappa shape index (κ1) is 14.8. The second kappa shape index (κ2) is 6.68. The highest BCUT2D eigenvalue weighted by molar-refractivity contribution is 6.30. The Kier molecular flexibility index (Phi) is 4.93. The molecule has 0 saturated heterocycles. The molecule has 0 bridgehead atoms. The molecule has 1 aromatic heterocycles. The van der Waals surface area contributed by atoms with E-state index in [1.54, 1.807) is 24.4 Å². The number of halogens is 2. The fourth-order valence-electron chi connectivity index (χ4n) is 2.18. The standard InChI is InChI=1S/C15H17ClFN3/c1-2-19-14(7-10-5-6-20-15(18)8-10)12-4-3-11(16)9-13(12)17/h3-6,8-9,14,19H,2,7H2,1H3,(H2,18,20). The molecule has 2 aromatic rings. The number of nitrogens with one attached hydrogen (secondary N) is 1. The summed E-state index contributed by atoms with van der Waals surface area (Å²) in [5.41, 5.74) is 7.29. The summed E-state index contributed by atoms with van der Waals surface area (Å²) in [7, 11) is 0. The van der Waals surface area contributed by atoms with Crippen LogP contribution in [0.1, 0.15) is 24.1 Å². The molecule has 20 heavy (non-hydrogen) atoms. The molecule has 1 unspecified atom stereocenters. The van der Waals surface area contributed by atoms with Crippen LogP contribution < -0.4 is 11.1 Å². The van der Waals surface area contributed by atoms with Crippen LogP contribution in [-0.2, 0) is 6.42 Å². The fraction of sp³-hybridized carbons (Fsp3) is 0.267. The highest BCUT2D eigenvalue weighted by Crippen LogP contribution is 2.24. The van der Waals surface area contributed by atoms with Crippen molar-refractivity contribution < 1.29 is 4.39 Å². The zero-order valence-electron chi connectivity index (χ0n) is 11.2.